The number of nitrogens with one attached hydrogen (secondary N) is 2. The predicted octanol–water partition coefficient (Wildman–Crippen LogP) is 3.73. The van der Waals surface area contributed by atoms with Gasteiger partial charge in [-0.05, 0) is 36.8 Å². The number of hydrogen-bond donors (Lipinski definition) is 2. The van der Waals surface area contributed by atoms with E-state index in [4.69, 9.17) is 9.47 Å². The monoisotopic (exact) mass is 363 g/mol. The normalized spacial score (nSPS) is 13.1. The highest BCUT2D eigenvalue weighted by Gasteiger charge is 2.13. The van der Waals surface area contributed by atoms with Crippen molar-refractivity contribution in [2.45, 2.75) is 59.8 Å². The number of nitrogens with zero attached hydrogens (tertiary/aromatic N) is 1. The number of ether oxygens (including phenoxy) is 2. The molecule has 0 fully saturated rings. The molecule has 0 heterocycles. The maximum Gasteiger partial charge on any atom is 0.191 e. The van der Waals surface area contributed by atoms with Crippen molar-refractivity contribution in [3.63, 3.8) is 0 Å². The fourth-order valence-corrected chi connectivity index (χ4v) is 2.75. The minimum atomic E-state index is 0.280. The molecule has 0 saturated carbocycles. The van der Waals surface area contributed by atoms with Crippen LogP contribution in [0.2, 0.25) is 0 Å². The number of guanidine groups is 1. The Balaban J connectivity index is 2.47. The lowest BCUT2D eigenvalue weighted by atomic mass is 10.0. The molecule has 0 aliphatic heterocycles. The minimum Gasteiger partial charge on any atom is -0.378 e. The Labute approximate surface area is 159 Å². The van der Waals surface area contributed by atoms with E-state index in [9.17, 15) is 0 Å². The summed E-state index contributed by atoms with van der Waals surface area (Å²) in [6.45, 7) is 12.3. The topological polar surface area (TPSA) is 54.9 Å². The smallest absolute Gasteiger partial charge is 0.191 e. The predicted molar refractivity (Wildman–Crippen MR) is 109 cm³/mol. The van der Waals surface area contributed by atoms with Crippen LogP contribution in [0.25, 0.3) is 0 Å². The molecule has 0 spiro atoms. The first-order valence-electron chi connectivity index (χ1n) is 9.82. The summed E-state index contributed by atoms with van der Waals surface area (Å²) in [5.41, 5.74) is 2.46. The van der Waals surface area contributed by atoms with E-state index in [0.717, 1.165) is 45.1 Å². The summed E-state index contributed by atoms with van der Waals surface area (Å²) in [5, 5.41) is 6.78. The highest BCUT2D eigenvalue weighted by atomic mass is 16.5. The molecule has 5 nitrogen and oxygen atoms in total. The quantitative estimate of drug-likeness (QED) is 0.337. The molecule has 1 rings (SSSR count). The van der Waals surface area contributed by atoms with Crippen molar-refractivity contribution >= 4 is 5.96 Å². The molecule has 0 amide bonds. The van der Waals surface area contributed by atoms with E-state index >= 15 is 0 Å². The third-order valence-electron chi connectivity index (χ3n) is 4.24. The highest BCUT2D eigenvalue weighted by molar-refractivity contribution is 5.79. The molecule has 1 aromatic rings. The van der Waals surface area contributed by atoms with Gasteiger partial charge in [0.25, 0.3) is 0 Å². The molecule has 0 saturated heterocycles. The summed E-state index contributed by atoms with van der Waals surface area (Å²) in [7, 11) is 1.80. The second-order valence-electron chi connectivity index (χ2n) is 6.70. The Morgan fingerprint density at radius 2 is 1.85 bits per heavy atom. The van der Waals surface area contributed by atoms with Crippen molar-refractivity contribution in [2.75, 3.05) is 26.8 Å². The standard InChI is InChI=1S/C21H37N3O2/c1-6-14-25-16-19-11-9-8-10-18(19)15-24-21(22-5)23-13-12-20(17(3)4)26-7-2/h8-11,17,20H,6-7,12-16H2,1-5H3,(H2,22,23,24). The van der Waals surface area contributed by atoms with Gasteiger partial charge in [0.2, 0.25) is 0 Å². The van der Waals surface area contributed by atoms with Gasteiger partial charge in [0.1, 0.15) is 0 Å². The fraction of sp³-hybridized carbons (Fsp3) is 0.667. The van der Waals surface area contributed by atoms with Crippen molar-refractivity contribution in [3.05, 3.63) is 35.4 Å². The molecule has 0 bridgehead atoms. The lowest BCUT2D eigenvalue weighted by molar-refractivity contribution is 0.0258. The van der Waals surface area contributed by atoms with Crippen LogP contribution in [-0.4, -0.2) is 38.9 Å². The van der Waals surface area contributed by atoms with Gasteiger partial charge in [-0.3, -0.25) is 4.99 Å². The second-order valence-corrected chi connectivity index (χ2v) is 6.70. The van der Waals surface area contributed by atoms with Gasteiger partial charge < -0.3 is 20.1 Å². The molecule has 0 aromatic heterocycles. The summed E-state index contributed by atoms with van der Waals surface area (Å²) >= 11 is 0. The van der Waals surface area contributed by atoms with E-state index in [1.165, 1.54) is 11.1 Å². The Morgan fingerprint density at radius 3 is 2.46 bits per heavy atom. The Hall–Kier alpha value is -1.59. The van der Waals surface area contributed by atoms with Crippen LogP contribution in [0.1, 0.15) is 51.7 Å². The molecule has 0 aliphatic carbocycles. The zero-order valence-electron chi connectivity index (χ0n) is 17.2. The Bertz CT molecular complexity index is 518. The van der Waals surface area contributed by atoms with E-state index in [0.29, 0.717) is 12.5 Å². The zero-order valence-corrected chi connectivity index (χ0v) is 17.2. The summed E-state index contributed by atoms with van der Waals surface area (Å²) in [5.74, 6) is 1.33. The van der Waals surface area contributed by atoms with Gasteiger partial charge >= 0.3 is 0 Å². The first kappa shape index (κ1) is 22.5. The van der Waals surface area contributed by atoms with Gasteiger partial charge in [-0.1, -0.05) is 45.0 Å². The lowest BCUT2D eigenvalue weighted by Crippen LogP contribution is -2.39. The van der Waals surface area contributed by atoms with Crippen LogP contribution in [0.5, 0.6) is 0 Å². The van der Waals surface area contributed by atoms with E-state index in [1.54, 1.807) is 7.05 Å². The molecule has 1 atom stereocenters. The minimum absolute atomic E-state index is 0.280. The highest BCUT2D eigenvalue weighted by Crippen LogP contribution is 2.11. The second kappa shape index (κ2) is 13.6. The summed E-state index contributed by atoms with van der Waals surface area (Å²) in [6.07, 6.45) is 2.28. The van der Waals surface area contributed by atoms with Crippen LogP contribution in [0, 0.1) is 5.92 Å². The van der Waals surface area contributed by atoms with Crippen LogP contribution >= 0.6 is 0 Å². The van der Waals surface area contributed by atoms with Gasteiger partial charge in [-0.25, -0.2) is 0 Å². The maximum atomic E-state index is 5.80. The third-order valence-corrected chi connectivity index (χ3v) is 4.24. The van der Waals surface area contributed by atoms with E-state index in [1.807, 2.05) is 6.92 Å². The number of aliphatic imine (C=N–C) groups is 1. The SMILES string of the molecule is CCCOCc1ccccc1CNC(=NC)NCCC(OCC)C(C)C. The number of benzene rings is 1. The van der Waals surface area contributed by atoms with Crippen molar-refractivity contribution in [1.82, 2.24) is 10.6 Å². The molecule has 5 heteroatoms. The molecular formula is C21H37N3O2. The first-order chi connectivity index (χ1) is 12.6. The largest absolute Gasteiger partial charge is 0.378 e. The fourth-order valence-electron chi connectivity index (χ4n) is 2.75. The molecule has 2 N–H and O–H groups in total. The van der Waals surface area contributed by atoms with Crippen LogP contribution in [0.3, 0.4) is 0 Å². The Morgan fingerprint density at radius 1 is 1.12 bits per heavy atom. The lowest BCUT2D eigenvalue weighted by Gasteiger charge is -2.21. The van der Waals surface area contributed by atoms with Crippen LogP contribution in [0.15, 0.2) is 29.3 Å². The molecule has 148 valence electrons. The van der Waals surface area contributed by atoms with Crippen LogP contribution in [0.4, 0.5) is 0 Å². The molecule has 0 aliphatic rings. The van der Waals surface area contributed by atoms with Crippen LogP contribution in [-0.2, 0) is 22.6 Å². The van der Waals surface area contributed by atoms with Gasteiger partial charge in [0.05, 0.1) is 12.7 Å². The van der Waals surface area contributed by atoms with Crippen molar-refractivity contribution in [3.8, 4) is 0 Å². The molecular weight excluding hydrogens is 326 g/mol. The van der Waals surface area contributed by atoms with Gasteiger partial charge in [0, 0.05) is 33.4 Å². The van der Waals surface area contributed by atoms with E-state index in [-0.39, 0.29) is 6.10 Å². The third kappa shape index (κ3) is 8.68. The summed E-state index contributed by atoms with van der Waals surface area (Å²) in [4.78, 5) is 4.32. The van der Waals surface area contributed by atoms with Crippen molar-refractivity contribution in [1.29, 1.82) is 0 Å². The number of hydrogen-bond acceptors (Lipinski definition) is 3. The van der Waals surface area contributed by atoms with Gasteiger partial charge in [-0.15, -0.1) is 0 Å². The average Bonchev–Trinajstić information content (AvgIpc) is 2.64. The van der Waals surface area contributed by atoms with Crippen molar-refractivity contribution < 1.29 is 9.47 Å². The van der Waals surface area contributed by atoms with Gasteiger partial charge in [-0.2, -0.15) is 0 Å². The molecule has 1 aromatic carbocycles. The van der Waals surface area contributed by atoms with Crippen molar-refractivity contribution in [2.24, 2.45) is 10.9 Å². The molecule has 1 unspecified atom stereocenters. The summed E-state index contributed by atoms with van der Waals surface area (Å²) in [6, 6.07) is 8.37. The maximum absolute atomic E-state index is 5.80. The Kier molecular flexibility index (Phi) is 11.7. The molecule has 0 radical (unpaired) electrons. The summed E-state index contributed by atoms with van der Waals surface area (Å²) < 4.78 is 11.5. The average molecular weight is 364 g/mol. The number of rotatable bonds is 12. The van der Waals surface area contributed by atoms with Gasteiger partial charge in [0.15, 0.2) is 5.96 Å². The van der Waals surface area contributed by atoms with Crippen LogP contribution < -0.4 is 10.6 Å². The van der Waals surface area contributed by atoms with E-state index < -0.39 is 0 Å². The van der Waals surface area contributed by atoms with E-state index in [2.05, 4.69) is 60.7 Å². The first-order valence-corrected chi connectivity index (χ1v) is 9.82. The molecule has 26 heavy (non-hydrogen) atoms. The zero-order chi connectivity index (χ0) is 19.2.